The molecule has 0 aliphatic heterocycles. The molecule has 290 valence electrons. The third-order valence-corrected chi connectivity index (χ3v) is 12.2. The van der Waals surface area contributed by atoms with Crippen molar-refractivity contribution in [3.8, 4) is 45.1 Å². The lowest BCUT2D eigenvalue weighted by Gasteiger charge is -2.20. The highest BCUT2D eigenvalue weighted by molar-refractivity contribution is 6.13. The summed E-state index contributed by atoms with van der Waals surface area (Å²) < 4.78 is 4.67. The molecule has 0 aliphatic carbocycles. The van der Waals surface area contributed by atoms with Crippen molar-refractivity contribution in [3.05, 3.63) is 175 Å². The molecule has 0 bridgehead atoms. The van der Waals surface area contributed by atoms with Crippen LogP contribution in [-0.2, 0) is 5.41 Å². The number of aromatic amines is 1. The number of nitrogens with zero attached hydrogens (tertiary/aromatic N) is 5. The van der Waals surface area contributed by atoms with Gasteiger partial charge in [-0.3, -0.25) is 14.1 Å². The number of fused-ring (bicyclic) bond motifs is 7. The predicted octanol–water partition coefficient (Wildman–Crippen LogP) is 14.0. The van der Waals surface area contributed by atoms with Gasteiger partial charge >= 0.3 is 0 Å². The average molecular weight is 777 g/mol. The normalized spacial score (nSPS) is 12.2. The number of hydrogen-bond acceptors (Lipinski definition) is 3. The third kappa shape index (κ3) is 5.66. The first kappa shape index (κ1) is 35.8. The van der Waals surface area contributed by atoms with E-state index in [4.69, 9.17) is 9.97 Å². The first-order valence-electron chi connectivity index (χ1n) is 20.8. The van der Waals surface area contributed by atoms with Crippen molar-refractivity contribution < 1.29 is 0 Å². The van der Waals surface area contributed by atoms with Crippen LogP contribution in [0.4, 0.5) is 0 Å². The molecular formula is C54H44N6. The second kappa shape index (κ2) is 13.6. The lowest BCUT2D eigenvalue weighted by atomic mass is 9.88. The molecular weight excluding hydrogens is 733 g/mol. The molecule has 0 aliphatic rings. The number of rotatable bonds is 6. The standard InChI is InChI=1S/C54H44N6/c1-33(2)43-31-45-40-22-21-35(29-48(40)60(50-30-36(25-28-56-50)54(3,4)5)49(45)32-44(43)34-23-26-55-27-24-34)38-16-12-20-47-52(38)58-53(59(47)37-13-7-6-8-14-37)42-18-11-17-41-39-15-9-10-19-46(39)57-51(41)42/h6-33,57H,1-5H3. The van der Waals surface area contributed by atoms with Crippen LogP contribution in [0.15, 0.2) is 164 Å². The van der Waals surface area contributed by atoms with Crippen LogP contribution >= 0.6 is 0 Å². The maximum Gasteiger partial charge on any atom is 0.147 e. The van der Waals surface area contributed by atoms with Crippen molar-refractivity contribution in [2.45, 2.75) is 46.0 Å². The van der Waals surface area contributed by atoms with E-state index in [0.29, 0.717) is 5.92 Å². The fraction of sp³-hybridized carbons (Fsp3) is 0.130. The molecule has 11 rings (SSSR count). The topological polar surface area (TPSA) is 64.3 Å². The van der Waals surface area contributed by atoms with E-state index in [1.54, 1.807) is 0 Å². The molecule has 60 heavy (non-hydrogen) atoms. The Labute approximate surface area is 348 Å². The van der Waals surface area contributed by atoms with Gasteiger partial charge in [-0.2, -0.15) is 0 Å². The summed E-state index contributed by atoms with van der Waals surface area (Å²) in [6, 6.07) is 52.5. The van der Waals surface area contributed by atoms with Crippen molar-refractivity contribution in [2.24, 2.45) is 0 Å². The summed E-state index contributed by atoms with van der Waals surface area (Å²) >= 11 is 0. The first-order valence-corrected chi connectivity index (χ1v) is 20.8. The van der Waals surface area contributed by atoms with Crippen LogP contribution in [0, 0.1) is 0 Å². The summed E-state index contributed by atoms with van der Waals surface area (Å²) in [7, 11) is 0. The molecule has 0 radical (unpaired) electrons. The molecule has 6 heteroatoms. The van der Waals surface area contributed by atoms with Gasteiger partial charge in [0.25, 0.3) is 0 Å². The predicted molar refractivity (Wildman–Crippen MR) is 249 cm³/mol. The van der Waals surface area contributed by atoms with E-state index in [2.05, 4.69) is 199 Å². The van der Waals surface area contributed by atoms with Crippen LogP contribution in [0.5, 0.6) is 0 Å². The highest BCUT2D eigenvalue weighted by atomic mass is 15.1. The van der Waals surface area contributed by atoms with E-state index in [1.165, 1.54) is 38.2 Å². The minimum Gasteiger partial charge on any atom is -0.354 e. The van der Waals surface area contributed by atoms with Gasteiger partial charge in [0.05, 0.1) is 27.6 Å². The Kier molecular flexibility index (Phi) is 8.14. The number of para-hydroxylation sites is 4. The second-order valence-electron chi connectivity index (χ2n) is 17.2. The van der Waals surface area contributed by atoms with Gasteiger partial charge in [-0.15, -0.1) is 0 Å². The molecule has 0 amide bonds. The van der Waals surface area contributed by atoms with Gasteiger partial charge in [-0.1, -0.05) is 107 Å². The van der Waals surface area contributed by atoms with E-state index in [-0.39, 0.29) is 5.41 Å². The number of nitrogens with one attached hydrogen (secondary N) is 1. The first-order chi connectivity index (χ1) is 29.2. The number of imidazole rings is 1. The Morgan fingerprint density at radius 1 is 0.550 bits per heavy atom. The lowest BCUT2D eigenvalue weighted by Crippen LogP contribution is -2.12. The van der Waals surface area contributed by atoms with Crippen LogP contribution in [0.2, 0.25) is 0 Å². The molecule has 0 spiro atoms. The van der Waals surface area contributed by atoms with Crippen LogP contribution in [-0.4, -0.2) is 29.1 Å². The molecule has 0 saturated carbocycles. The second-order valence-corrected chi connectivity index (χ2v) is 17.2. The van der Waals surface area contributed by atoms with Crippen molar-refractivity contribution in [1.82, 2.24) is 29.1 Å². The third-order valence-electron chi connectivity index (χ3n) is 12.2. The Balaban J connectivity index is 1.19. The quantitative estimate of drug-likeness (QED) is 0.183. The lowest BCUT2D eigenvalue weighted by molar-refractivity contribution is 0.588. The SMILES string of the molecule is CC(C)c1cc2c3ccc(-c4cccc5c4nc(-c4cccc6c4[nH]c4ccccc46)n5-c4ccccc4)cc3n(-c3cc(C(C)(C)C)ccn3)c2cc1-c1ccncc1. The number of H-pyrrole nitrogens is 1. The van der Waals surface area contributed by atoms with E-state index in [1.807, 2.05) is 18.6 Å². The van der Waals surface area contributed by atoms with Crippen molar-refractivity contribution in [3.63, 3.8) is 0 Å². The van der Waals surface area contributed by atoms with Gasteiger partial charge in [0.2, 0.25) is 0 Å². The van der Waals surface area contributed by atoms with E-state index < -0.39 is 0 Å². The zero-order chi connectivity index (χ0) is 40.7. The summed E-state index contributed by atoms with van der Waals surface area (Å²) in [5, 5.41) is 4.79. The van der Waals surface area contributed by atoms with Gasteiger partial charge in [-0.25, -0.2) is 9.97 Å². The Morgan fingerprint density at radius 2 is 1.30 bits per heavy atom. The summed E-state index contributed by atoms with van der Waals surface area (Å²) in [4.78, 5) is 18.7. The molecule has 5 aromatic heterocycles. The number of pyridine rings is 2. The molecule has 0 atom stereocenters. The molecule has 0 fully saturated rings. The van der Waals surface area contributed by atoms with Gasteiger partial charge in [0.1, 0.15) is 11.6 Å². The smallest absolute Gasteiger partial charge is 0.147 e. The zero-order valence-corrected chi connectivity index (χ0v) is 34.4. The summed E-state index contributed by atoms with van der Waals surface area (Å²) in [6.07, 6.45) is 5.72. The van der Waals surface area contributed by atoms with Gasteiger partial charge in [0, 0.05) is 62.5 Å². The Morgan fingerprint density at radius 3 is 2.12 bits per heavy atom. The summed E-state index contributed by atoms with van der Waals surface area (Å²) in [5.74, 6) is 2.11. The fourth-order valence-electron chi connectivity index (χ4n) is 9.17. The zero-order valence-electron chi connectivity index (χ0n) is 34.4. The molecule has 6 aromatic carbocycles. The summed E-state index contributed by atoms with van der Waals surface area (Å²) in [5.41, 5.74) is 15.6. The minimum absolute atomic E-state index is 0.0449. The Hall–Kier alpha value is -7.31. The van der Waals surface area contributed by atoms with E-state index in [0.717, 1.165) is 72.7 Å². The van der Waals surface area contributed by atoms with Gasteiger partial charge in [-0.05, 0) is 112 Å². The minimum atomic E-state index is -0.0449. The maximum absolute atomic E-state index is 5.59. The summed E-state index contributed by atoms with van der Waals surface area (Å²) in [6.45, 7) is 11.3. The van der Waals surface area contributed by atoms with Crippen molar-refractivity contribution in [2.75, 3.05) is 0 Å². The molecule has 0 saturated heterocycles. The molecule has 0 unspecified atom stereocenters. The van der Waals surface area contributed by atoms with Gasteiger partial charge in [0.15, 0.2) is 0 Å². The molecule has 6 nitrogen and oxygen atoms in total. The molecule has 1 N–H and O–H groups in total. The molecule has 11 aromatic rings. The number of hydrogen-bond donors (Lipinski definition) is 1. The van der Waals surface area contributed by atoms with E-state index >= 15 is 0 Å². The van der Waals surface area contributed by atoms with Crippen molar-refractivity contribution >= 4 is 54.6 Å². The van der Waals surface area contributed by atoms with Crippen LogP contribution in [0.25, 0.3) is 99.8 Å². The maximum atomic E-state index is 5.59. The highest BCUT2D eigenvalue weighted by Crippen LogP contribution is 2.43. The van der Waals surface area contributed by atoms with Gasteiger partial charge < -0.3 is 4.98 Å². The molecule has 5 heterocycles. The Bertz CT molecular complexity index is 3430. The largest absolute Gasteiger partial charge is 0.354 e. The fourth-order valence-corrected chi connectivity index (χ4v) is 9.17. The number of aromatic nitrogens is 6. The monoisotopic (exact) mass is 776 g/mol. The average Bonchev–Trinajstić information content (AvgIpc) is 3.95. The van der Waals surface area contributed by atoms with Crippen LogP contribution in [0.1, 0.15) is 51.7 Å². The van der Waals surface area contributed by atoms with Crippen LogP contribution in [0.3, 0.4) is 0 Å². The van der Waals surface area contributed by atoms with Crippen LogP contribution < -0.4 is 0 Å². The van der Waals surface area contributed by atoms with E-state index in [9.17, 15) is 0 Å². The highest BCUT2D eigenvalue weighted by Gasteiger charge is 2.24. The number of benzene rings is 6. The van der Waals surface area contributed by atoms with Crippen molar-refractivity contribution in [1.29, 1.82) is 0 Å².